The van der Waals surface area contributed by atoms with Gasteiger partial charge in [0.15, 0.2) is 5.03 Å². The summed E-state index contributed by atoms with van der Waals surface area (Å²) in [4.78, 5) is 10.5. The van der Waals surface area contributed by atoms with Gasteiger partial charge in [0.1, 0.15) is 11.4 Å². The maximum Gasteiger partial charge on any atom is 0.165 e. The van der Waals surface area contributed by atoms with Crippen molar-refractivity contribution in [1.82, 2.24) is 0 Å². The zero-order valence-corrected chi connectivity index (χ0v) is 7.17. The summed E-state index contributed by atoms with van der Waals surface area (Å²) in [5, 5.41) is 20.2. The standard InChI is InChI=1S/C8H10N2O3/c1-2-9(10(12)13)7-5-3-4-6-8(7)11/h3-6,11H,2H2,1H3. The molecule has 0 fully saturated rings. The molecule has 0 aliphatic carbocycles. The third kappa shape index (κ3) is 1.87. The van der Waals surface area contributed by atoms with E-state index in [4.69, 9.17) is 0 Å². The number of hydrogen-bond acceptors (Lipinski definition) is 3. The normalized spacial score (nSPS) is 9.62. The summed E-state index contributed by atoms with van der Waals surface area (Å²) in [7, 11) is 0. The molecule has 0 bridgehead atoms. The zero-order valence-electron chi connectivity index (χ0n) is 7.17. The molecule has 5 nitrogen and oxygen atoms in total. The van der Waals surface area contributed by atoms with Crippen LogP contribution >= 0.6 is 0 Å². The lowest BCUT2D eigenvalue weighted by Crippen LogP contribution is -2.29. The molecule has 0 radical (unpaired) electrons. The van der Waals surface area contributed by atoms with E-state index in [1.54, 1.807) is 19.1 Å². The van der Waals surface area contributed by atoms with Crippen molar-refractivity contribution in [3.8, 4) is 5.75 Å². The van der Waals surface area contributed by atoms with E-state index in [2.05, 4.69) is 0 Å². The first-order valence-corrected chi connectivity index (χ1v) is 3.86. The summed E-state index contributed by atoms with van der Waals surface area (Å²) in [6.45, 7) is 1.86. The maximum absolute atomic E-state index is 10.5. The summed E-state index contributed by atoms with van der Waals surface area (Å²) in [6.07, 6.45) is 0. The highest BCUT2D eigenvalue weighted by Crippen LogP contribution is 2.25. The molecule has 5 heteroatoms. The van der Waals surface area contributed by atoms with Gasteiger partial charge in [0.05, 0.1) is 6.54 Å². The van der Waals surface area contributed by atoms with Gasteiger partial charge in [0.2, 0.25) is 0 Å². The van der Waals surface area contributed by atoms with Gasteiger partial charge in [-0.1, -0.05) is 17.1 Å². The molecule has 0 amide bonds. The Morgan fingerprint density at radius 3 is 2.62 bits per heavy atom. The van der Waals surface area contributed by atoms with Crippen molar-refractivity contribution in [3.05, 3.63) is 34.4 Å². The second-order valence-corrected chi connectivity index (χ2v) is 2.44. The first-order chi connectivity index (χ1) is 6.16. The third-order valence-electron chi connectivity index (χ3n) is 1.66. The SMILES string of the molecule is CCN(c1ccccc1O)[N+](=O)[O-]. The number of benzene rings is 1. The van der Waals surface area contributed by atoms with Crippen LogP contribution in [0.3, 0.4) is 0 Å². The van der Waals surface area contributed by atoms with Crippen molar-refractivity contribution in [2.24, 2.45) is 0 Å². The number of para-hydroxylation sites is 2. The van der Waals surface area contributed by atoms with Crippen LogP contribution in [0, 0.1) is 10.1 Å². The molecule has 13 heavy (non-hydrogen) atoms. The highest BCUT2D eigenvalue weighted by molar-refractivity contribution is 5.55. The fraction of sp³-hybridized carbons (Fsp3) is 0.250. The number of nitro groups is 1. The van der Waals surface area contributed by atoms with Crippen LogP contribution in [0.5, 0.6) is 5.75 Å². The molecule has 0 spiro atoms. The minimum atomic E-state index is -0.547. The van der Waals surface area contributed by atoms with Crippen LogP contribution in [0.25, 0.3) is 0 Å². The molecule has 0 saturated heterocycles. The quantitative estimate of drug-likeness (QED) is 0.567. The first-order valence-electron chi connectivity index (χ1n) is 3.86. The number of rotatable bonds is 3. The van der Waals surface area contributed by atoms with Crippen LogP contribution in [0.15, 0.2) is 24.3 Å². The largest absolute Gasteiger partial charge is 0.506 e. The lowest BCUT2D eigenvalue weighted by molar-refractivity contribution is -0.494. The second kappa shape index (κ2) is 3.75. The predicted molar refractivity (Wildman–Crippen MR) is 48.1 cm³/mol. The number of hydrazine groups is 1. The Balaban J connectivity index is 3.04. The summed E-state index contributed by atoms with van der Waals surface area (Å²) in [5.41, 5.74) is 0.218. The van der Waals surface area contributed by atoms with Crippen LogP contribution in [0.2, 0.25) is 0 Å². The van der Waals surface area contributed by atoms with E-state index in [-0.39, 0.29) is 18.0 Å². The Morgan fingerprint density at radius 2 is 2.15 bits per heavy atom. The molecule has 0 aliphatic rings. The average molecular weight is 182 g/mol. The van der Waals surface area contributed by atoms with Gasteiger partial charge < -0.3 is 5.11 Å². The number of hydrogen-bond donors (Lipinski definition) is 1. The molecule has 0 aromatic heterocycles. The molecule has 1 aromatic carbocycles. The van der Waals surface area contributed by atoms with E-state index in [0.29, 0.717) is 0 Å². The van der Waals surface area contributed by atoms with Crippen molar-refractivity contribution >= 4 is 5.69 Å². The molecule has 0 saturated carbocycles. The van der Waals surface area contributed by atoms with Gasteiger partial charge in [-0.3, -0.25) is 0 Å². The van der Waals surface area contributed by atoms with Crippen LogP contribution in [-0.2, 0) is 0 Å². The molecule has 1 rings (SSSR count). The van der Waals surface area contributed by atoms with Crippen LogP contribution in [0.1, 0.15) is 6.92 Å². The van der Waals surface area contributed by atoms with E-state index >= 15 is 0 Å². The molecule has 0 heterocycles. The second-order valence-electron chi connectivity index (χ2n) is 2.44. The molecule has 70 valence electrons. The van der Waals surface area contributed by atoms with E-state index in [1.807, 2.05) is 0 Å². The smallest absolute Gasteiger partial charge is 0.165 e. The fourth-order valence-corrected chi connectivity index (χ4v) is 1.06. The fourth-order valence-electron chi connectivity index (χ4n) is 1.06. The third-order valence-corrected chi connectivity index (χ3v) is 1.66. The molecule has 0 aliphatic heterocycles. The van der Waals surface area contributed by atoms with Gasteiger partial charge in [0.25, 0.3) is 0 Å². The van der Waals surface area contributed by atoms with E-state index < -0.39 is 5.03 Å². The van der Waals surface area contributed by atoms with Gasteiger partial charge in [-0.25, -0.2) is 10.1 Å². The Morgan fingerprint density at radius 1 is 1.54 bits per heavy atom. The van der Waals surface area contributed by atoms with E-state index in [1.165, 1.54) is 12.1 Å². The number of phenolic OH excluding ortho intramolecular Hbond substituents is 1. The topological polar surface area (TPSA) is 66.6 Å². The summed E-state index contributed by atoms with van der Waals surface area (Å²) >= 11 is 0. The predicted octanol–water partition coefficient (Wildman–Crippen LogP) is 1.41. The van der Waals surface area contributed by atoms with E-state index in [0.717, 1.165) is 5.01 Å². The Labute approximate surface area is 75.3 Å². The van der Waals surface area contributed by atoms with Crippen molar-refractivity contribution in [3.63, 3.8) is 0 Å². The molecule has 1 aromatic rings. The van der Waals surface area contributed by atoms with Crippen LogP contribution < -0.4 is 5.01 Å². The number of anilines is 1. The van der Waals surface area contributed by atoms with Crippen molar-refractivity contribution in [2.45, 2.75) is 6.92 Å². The summed E-state index contributed by atoms with van der Waals surface area (Å²) in [5.74, 6) is -0.0824. The zero-order chi connectivity index (χ0) is 9.84. The van der Waals surface area contributed by atoms with E-state index in [9.17, 15) is 15.2 Å². The Kier molecular flexibility index (Phi) is 2.69. The summed E-state index contributed by atoms with van der Waals surface area (Å²) in [6, 6.07) is 6.18. The highest BCUT2D eigenvalue weighted by Gasteiger charge is 2.17. The highest BCUT2D eigenvalue weighted by atomic mass is 16.7. The lowest BCUT2D eigenvalue weighted by atomic mass is 10.3. The molecule has 0 unspecified atom stereocenters. The Bertz CT molecular complexity index is 314. The minimum absolute atomic E-state index is 0.0824. The number of aromatic hydroxyl groups is 1. The lowest BCUT2D eigenvalue weighted by Gasteiger charge is -2.12. The van der Waals surface area contributed by atoms with Gasteiger partial charge >= 0.3 is 0 Å². The molecular formula is C8H10N2O3. The summed E-state index contributed by atoms with van der Waals surface area (Å²) < 4.78 is 0. The van der Waals surface area contributed by atoms with Crippen molar-refractivity contribution in [2.75, 3.05) is 11.6 Å². The minimum Gasteiger partial charge on any atom is -0.506 e. The van der Waals surface area contributed by atoms with Gasteiger partial charge in [-0.15, -0.1) is 0 Å². The van der Waals surface area contributed by atoms with Gasteiger partial charge in [-0.05, 0) is 19.1 Å². The average Bonchev–Trinajstić information content (AvgIpc) is 2.09. The molecule has 0 atom stereocenters. The van der Waals surface area contributed by atoms with Gasteiger partial charge in [-0.2, -0.15) is 0 Å². The number of nitrogens with zero attached hydrogens (tertiary/aromatic N) is 2. The number of phenols is 1. The molecule has 1 N–H and O–H groups in total. The van der Waals surface area contributed by atoms with Crippen LogP contribution in [0.4, 0.5) is 5.69 Å². The maximum atomic E-state index is 10.5. The molecular weight excluding hydrogens is 172 g/mol. The van der Waals surface area contributed by atoms with Crippen LogP contribution in [-0.4, -0.2) is 16.7 Å². The van der Waals surface area contributed by atoms with Crippen molar-refractivity contribution in [1.29, 1.82) is 0 Å². The first kappa shape index (κ1) is 9.31. The van der Waals surface area contributed by atoms with Gasteiger partial charge in [0, 0.05) is 0 Å². The van der Waals surface area contributed by atoms with Crippen molar-refractivity contribution < 1.29 is 10.1 Å². The Hall–Kier alpha value is -1.78. The monoisotopic (exact) mass is 182 g/mol.